The number of allylic oxidation sites excluding steroid dienone is 4. The van der Waals surface area contributed by atoms with E-state index in [-0.39, 0.29) is 30.9 Å². The van der Waals surface area contributed by atoms with Crippen molar-refractivity contribution in [2.24, 2.45) is 0 Å². The summed E-state index contributed by atoms with van der Waals surface area (Å²) in [5.74, 6) is -0.488. The van der Waals surface area contributed by atoms with Crippen LogP contribution >= 0.6 is 0 Å². The topological polar surface area (TPSA) is 89.9 Å². The van der Waals surface area contributed by atoms with E-state index in [4.69, 9.17) is 9.47 Å². The lowest BCUT2D eigenvalue weighted by molar-refractivity contribution is -0.152. The SMILES string of the molecule is CCCCC/C=C\C=C\C(=O)CCCCCCCC(=O)OC[C@@H](O)COC(=O)CCCCCCCCCCCCCCCCCCCC. The molecule has 0 aliphatic heterocycles. The zero-order valence-corrected chi connectivity index (χ0v) is 31.5. The van der Waals surface area contributed by atoms with E-state index < -0.39 is 6.10 Å². The number of carbonyl (C=O) groups is 3. The van der Waals surface area contributed by atoms with E-state index in [0.29, 0.717) is 19.3 Å². The Labute approximate surface area is 296 Å². The molecule has 0 unspecified atom stereocenters. The highest BCUT2D eigenvalue weighted by molar-refractivity contribution is 5.89. The Morgan fingerprint density at radius 1 is 0.479 bits per heavy atom. The van der Waals surface area contributed by atoms with Crippen molar-refractivity contribution in [3.8, 4) is 0 Å². The summed E-state index contributed by atoms with van der Waals surface area (Å²) in [4.78, 5) is 35.8. The monoisotopic (exact) mass is 677 g/mol. The van der Waals surface area contributed by atoms with Gasteiger partial charge in [0.25, 0.3) is 0 Å². The van der Waals surface area contributed by atoms with Crippen LogP contribution in [0.25, 0.3) is 0 Å². The van der Waals surface area contributed by atoms with Crippen LogP contribution in [0.5, 0.6) is 0 Å². The summed E-state index contributed by atoms with van der Waals surface area (Å²) in [6.45, 7) is 4.16. The van der Waals surface area contributed by atoms with Gasteiger partial charge in [-0.25, -0.2) is 0 Å². The van der Waals surface area contributed by atoms with Gasteiger partial charge in [-0.05, 0) is 38.2 Å². The van der Waals surface area contributed by atoms with Crippen LogP contribution in [0.3, 0.4) is 0 Å². The Morgan fingerprint density at radius 2 is 0.833 bits per heavy atom. The number of aliphatic hydroxyl groups is 1. The van der Waals surface area contributed by atoms with Gasteiger partial charge in [0.05, 0.1) is 0 Å². The van der Waals surface area contributed by atoms with Gasteiger partial charge in [0.2, 0.25) is 0 Å². The number of unbranched alkanes of at least 4 members (excludes halogenated alkanes) is 24. The van der Waals surface area contributed by atoms with E-state index in [1.165, 1.54) is 116 Å². The smallest absolute Gasteiger partial charge is 0.305 e. The zero-order chi connectivity index (χ0) is 35.2. The first-order chi connectivity index (χ1) is 23.5. The molecular formula is C42H76O6. The molecule has 0 aliphatic carbocycles. The molecule has 0 aromatic heterocycles. The fraction of sp³-hybridized carbons (Fsp3) is 0.833. The van der Waals surface area contributed by atoms with Crippen molar-refractivity contribution < 1.29 is 29.0 Å². The number of carbonyl (C=O) groups excluding carboxylic acids is 3. The van der Waals surface area contributed by atoms with Crippen LogP contribution in [0, 0.1) is 0 Å². The molecule has 0 heterocycles. The number of ether oxygens (including phenoxy) is 2. The van der Waals surface area contributed by atoms with Crippen LogP contribution in [0.4, 0.5) is 0 Å². The van der Waals surface area contributed by atoms with Crippen LogP contribution in [0.2, 0.25) is 0 Å². The van der Waals surface area contributed by atoms with Crippen molar-refractivity contribution >= 4 is 17.7 Å². The number of esters is 2. The van der Waals surface area contributed by atoms with E-state index >= 15 is 0 Å². The first-order valence-corrected chi connectivity index (χ1v) is 20.3. The van der Waals surface area contributed by atoms with Crippen LogP contribution in [0.15, 0.2) is 24.3 Å². The number of hydrogen-bond acceptors (Lipinski definition) is 6. The maximum atomic E-state index is 12.0. The van der Waals surface area contributed by atoms with Crippen molar-refractivity contribution in [1.29, 1.82) is 0 Å². The van der Waals surface area contributed by atoms with Crippen LogP contribution in [0.1, 0.15) is 206 Å². The number of ketones is 1. The molecule has 48 heavy (non-hydrogen) atoms. The van der Waals surface area contributed by atoms with Crippen molar-refractivity contribution in [3.63, 3.8) is 0 Å². The second-order valence-electron chi connectivity index (χ2n) is 13.8. The highest BCUT2D eigenvalue weighted by Gasteiger charge is 2.12. The summed E-state index contributed by atoms with van der Waals surface area (Å²) in [5, 5.41) is 10.0. The van der Waals surface area contributed by atoms with E-state index in [1.807, 2.05) is 12.2 Å². The molecule has 0 aromatic carbocycles. The van der Waals surface area contributed by atoms with Gasteiger partial charge in [0.15, 0.2) is 5.78 Å². The average molecular weight is 677 g/mol. The van der Waals surface area contributed by atoms with Gasteiger partial charge in [-0.3, -0.25) is 14.4 Å². The Kier molecular flexibility index (Phi) is 36.3. The van der Waals surface area contributed by atoms with Gasteiger partial charge in [-0.1, -0.05) is 173 Å². The Bertz CT molecular complexity index is 789. The maximum absolute atomic E-state index is 12.0. The molecule has 0 fully saturated rings. The highest BCUT2D eigenvalue weighted by atomic mass is 16.6. The summed E-state index contributed by atoms with van der Waals surface area (Å²) in [5.41, 5.74) is 0. The number of rotatable bonds is 37. The van der Waals surface area contributed by atoms with E-state index in [2.05, 4.69) is 19.9 Å². The van der Waals surface area contributed by atoms with E-state index in [1.54, 1.807) is 6.08 Å². The molecule has 0 aliphatic rings. The first kappa shape index (κ1) is 46.0. The molecule has 0 saturated heterocycles. The minimum atomic E-state index is -0.999. The fourth-order valence-electron chi connectivity index (χ4n) is 5.77. The molecule has 6 nitrogen and oxygen atoms in total. The van der Waals surface area contributed by atoms with Crippen LogP contribution in [-0.4, -0.2) is 42.1 Å². The van der Waals surface area contributed by atoms with Crippen molar-refractivity contribution in [1.82, 2.24) is 0 Å². The van der Waals surface area contributed by atoms with Gasteiger partial charge in [-0.2, -0.15) is 0 Å². The summed E-state index contributed by atoms with van der Waals surface area (Å²) in [6, 6.07) is 0. The molecule has 1 atom stereocenters. The maximum Gasteiger partial charge on any atom is 0.305 e. The van der Waals surface area contributed by atoms with E-state index in [9.17, 15) is 19.5 Å². The molecule has 0 amide bonds. The predicted octanol–water partition coefficient (Wildman–Crippen LogP) is 11.9. The van der Waals surface area contributed by atoms with Crippen molar-refractivity contribution in [2.75, 3.05) is 13.2 Å². The first-order valence-electron chi connectivity index (χ1n) is 20.3. The average Bonchev–Trinajstić information content (AvgIpc) is 3.08. The van der Waals surface area contributed by atoms with Crippen LogP contribution < -0.4 is 0 Å². The minimum Gasteiger partial charge on any atom is -0.463 e. The van der Waals surface area contributed by atoms with Crippen molar-refractivity contribution in [2.45, 2.75) is 213 Å². The number of hydrogen-bond donors (Lipinski definition) is 1. The third-order valence-corrected chi connectivity index (χ3v) is 8.92. The third-order valence-electron chi connectivity index (χ3n) is 8.92. The third kappa shape index (κ3) is 36.9. The Hall–Kier alpha value is -1.95. The Balaban J connectivity index is 3.48. The van der Waals surface area contributed by atoms with Crippen molar-refractivity contribution in [3.05, 3.63) is 24.3 Å². The highest BCUT2D eigenvalue weighted by Crippen LogP contribution is 2.15. The largest absolute Gasteiger partial charge is 0.463 e. The quantitative estimate of drug-likeness (QED) is 0.0305. The van der Waals surface area contributed by atoms with Gasteiger partial charge in [0, 0.05) is 19.3 Å². The second-order valence-corrected chi connectivity index (χ2v) is 13.8. The Morgan fingerprint density at radius 3 is 1.25 bits per heavy atom. The lowest BCUT2D eigenvalue weighted by Gasteiger charge is -2.12. The normalized spacial score (nSPS) is 12.2. The summed E-state index contributed by atoms with van der Waals surface area (Å²) >= 11 is 0. The number of aliphatic hydroxyl groups excluding tert-OH is 1. The lowest BCUT2D eigenvalue weighted by atomic mass is 10.0. The van der Waals surface area contributed by atoms with Crippen LogP contribution in [-0.2, 0) is 23.9 Å². The molecular weight excluding hydrogens is 600 g/mol. The summed E-state index contributed by atoms with van der Waals surface area (Å²) < 4.78 is 10.3. The van der Waals surface area contributed by atoms with Gasteiger partial charge < -0.3 is 14.6 Å². The van der Waals surface area contributed by atoms with Gasteiger partial charge >= 0.3 is 11.9 Å². The van der Waals surface area contributed by atoms with Gasteiger partial charge in [-0.15, -0.1) is 0 Å². The summed E-state index contributed by atoms with van der Waals surface area (Å²) in [7, 11) is 0. The minimum absolute atomic E-state index is 0.145. The summed E-state index contributed by atoms with van der Waals surface area (Å²) in [6.07, 6.45) is 40.5. The molecule has 0 aromatic rings. The molecule has 0 saturated carbocycles. The molecule has 6 heteroatoms. The second kappa shape index (κ2) is 37.9. The predicted molar refractivity (Wildman–Crippen MR) is 201 cm³/mol. The standard InChI is InChI=1S/C42H76O6/c1-3-5-7-9-11-12-13-14-15-16-17-18-19-20-21-23-27-31-35-41(45)47-37-40(44)38-48-42(46)36-32-28-24-26-30-34-39(43)33-29-25-22-10-8-6-4-2/h22,25,29,33,40,44H,3-21,23-24,26-28,30-32,34-38H2,1-2H3/b25-22-,33-29+/t40-/m0/s1. The molecule has 0 rings (SSSR count). The van der Waals surface area contributed by atoms with E-state index in [0.717, 1.165) is 57.8 Å². The van der Waals surface area contributed by atoms with Gasteiger partial charge in [0.1, 0.15) is 19.3 Å². The molecule has 0 radical (unpaired) electrons. The fourth-order valence-corrected chi connectivity index (χ4v) is 5.77. The zero-order valence-electron chi connectivity index (χ0n) is 31.5. The molecule has 1 N–H and O–H groups in total. The molecule has 0 bridgehead atoms. The molecule has 280 valence electrons. The molecule has 0 spiro atoms. The lowest BCUT2D eigenvalue weighted by Crippen LogP contribution is -2.25.